The SMILES string of the molecule is Cc1cc(OCc2coc(/C=C/c3ccc(C(F)(F)F)cc3)n2)ccc1C(CCCO)O[Si](C)(C)C(C)(C)C. The van der Waals surface area contributed by atoms with Crippen molar-refractivity contribution in [2.75, 3.05) is 6.61 Å². The lowest BCUT2D eigenvalue weighted by Crippen LogP contribution is -2.42. The van der Waals surface area contributed by atoms with Gasteiger partial charge in [0.1, 0.15) is 24.3 Å². The number of halogens is 3. The van der Waals surface area contributed by atoms with Crippen LogP contribution < -0.4 is 4.74 Å². The average Bonchev–Trinajstić information content (AvgIpc) is 3.31. The van der Waals surface area contributed by atoms with Crippen molar-refractivity contribution in [3.8, 4) is 5.75 Å². The molecule has 3 rings (SSSR count). The molecule has 0 spiro atoms. The maximum atomic E-state index is 12.7. The van der Waals surface area contributed by atoms with Gasteiger partial charge in [0.25, 0.3) is 0 Å². The van der Waals surface area contributed by atoms with E-state index < -0.39 is 20.1 Å². The number of rotatable bonds is 11. The third kappa shape index (κ3) is 8.55. The number of benzene rings is 2. The first-order valence-electron chi connectivity index (χ1n) is 13.0. The molecule has 0 aliphatic heterocycles. The van der Waals surface area contributed by atoms with Crippen molar-refractivity contribution >= 4 is 20.5 Å². The summed E-state index contributed by atoms with van der Waals surface area (Å²) in [6.45, 7) is 13.5. The standard InChI is InChI=1S/C30H38F3NO4Si/c1-21-18-25(14-15-26(21)27(8-7-17-35)38-39(5,6)29(2,3)4)36-19-24-20-37-28(34-24)16-11-22-9-12-23(13-10-22)30(31,32)33/h9-16,18,20,27,35H,7-8,17,19H2,1-6H3/b16-11+. The number of aliphatic hydroxyl groups is 1. The molecule has 1 heterocycles. The summed E-state index contributed by atoms with van der Waals surface area (Å²) in [7, 11) is -2.02. The van der Waals surface area contributed by atoms with Crippen molar-refractivity contribution in [2.24, 2.45) is 0 Å². The zero-order valence-corrected chi connectivity index (χ0v) is 24.4. The van der Waals surface area contributed by atoms with E-state index in [2.05, 4.69) is 38.8 Å². The maximum Gasteiger partial charge on any atom is 0.416 e. The Labute approximate surface area is 229 Å². The predicted octanol–water partition coefficient (Wildman–Crippen LogP) is 8.59. The summed E-state index contributed by atoms with van der Waals surface area (Å²) < 4.78 is 56.3. The van der Waals surface area contributed by atoms with Crippen LogP contribution in [-0.4, -0.2) is 25.0 Å². The first kappa shape index (κ1) is 30.7. The Hall–Kier alpha value is -2.88. The average molecular weight is 562 g/mol. The number of hydrogen-bond acceptors (Lipinski definition) is 5. The molecule has 39 heavy (non-hydrogen) atoms. The van der Waals surface area contributed by atoms with E-state index >= 15 is 0 Å². The molecule has 0 radical (unpaired) electrons. The van der Waals surface area contributed by atoms with Gasteiger partial charge in [-0.3, -0.25) is 0 Å². The Balaban J connectivity index is 1.64. The van der Waals surface area contributed by atoms with Crippen molar-refractivity contribution in [2.45, 2.75) is 77.6 Å². The van der Waals surface area contributed by atoms with Crippen LogP contribution in [0.15, 0.2) is 53.1 Å². The van der Waals surface area contributed by atoms with Gasteiger partial charge >= 0.3 is 6.18 Å². The molecule has 0 fully saturated rings. The Bertz CT molecular complexity index is 1240. The van der Waals surface area contributed by atoms with Crippen molar-refractivity contribution < 1.29 is 31.9 Å². The number of nitrogens with zero attached hydrogens (tertiary/aromatic N) is 1. The van der Waals surface area contributed by atoms with Gasteiger partial charge in [-0.25, -0.2) is 4.98 Å². The molecule has 1 N–H and O–H groups in total. The Morgan fingerprint density at radius 1 is 1.05 bits per heavy atom. The summed E-state index contributed by atoms with van der Waals surface area (Å²) in [6.07, 6.45) is 1.67. The summed E-state index contributed by atoms with van der Waals surface area (Å²) in [6, 6.07) is 10.8. The second-order valence-electron chi connectivity index (χ2n) is 11.2. The second-order valence-corrected chi connectivity index (χ2v) is 15.9. The molecule has 1 unspecified atom stereocenters. The highest BCUT2D eigenvalue weighted by molar-refractivity contribution is 6.74. The van der Waals surface area contributed by atoms with Crippen molar-refractivity contribution in [3.63, 3.8) is 0 Å². The number of aryl methyl sites for hydroxylation is 1. The minimum absolute atomic E-state index is 0.0742. The smallest absolute Gasteiger partial charge is 0.416 e. The Morgan fingerprint density at radius 3 is 2.33 bits per heavy atom. The zero-order valence-electron chi connectivity index (χ0n) is 23.4. The highest BCUT2D eigenvalue weighted by atomic mass is 28.4. The normalized spacial score (nSPS) is 13.7. The van der Waals surface area contributed by atoms with Crippen LogP contribution in [0.1, 0.15) is 73.6 Å². The van der Waals surface area contributed by atoms with Crippen molar-refractivity contribution in [3.05, 3.63) is 82.6 Å². The number of alkyl halides is 3. The van der Waals surface area contributed by atoms with Crippen LogP contribution >= 0.6 is 0 Å². The van der Waals surface area contributed by atoms with Crippen LogP contribution in [0, 0.1) is 6.92 Å². The molecule has 1 atom stereocenters. The van der Waals surface area contributed by atoms with Gasteiger partial charge in [0.2, 0.25) is 5.89 Å². The van der Waals surface area contributed by atoms with E-state index in [1.165, 1.54) is 18.4 Å². The lowest BCUT2D eigenvalue weighted by molar-refractivity contribution is -0.137. The highest BCUT2D eigenvalue weighted by Gasteiger charge is 2.39. The van der Waals surface area contributed by atoms with Gasteiger partial charge in [0.05, 0.1) is 11.7 Å². The molecule has 3 aromatic rings. The first-order valence-corrected chi connectivity index (χ1v) is 15.9. The Kier molecular flexibility index (Phi) is 9.85. The number of aliphatic hydroxyl groups excluding tert-OH is 1. The molecule has 5 nitrogen and oxygen atoms in total. The second kappa shape index (κ2) is 12.5. The van der Waals surface area contributed by atoms with E-state index in [0.717, 1.165) is 29.7 Å². The van der Waals surface area contributed by atoms with E-state index in [9.17, 15) is 18.3 Å². The van der Waals surface area contributed by atoms with Crippen LogP contribution in [0.25, 0.3) is 12.2 Å². The fourth-order valence-corrected chi connectivity index (χ4v) is 5.07. The number of hydrogen-bond donors (Lipinski definition) is 1. The van der Waals surface area contributed by atoms with Gasteiger partial charge in [-0.05, 0) is 84.9 Å². The molecule has 0 amide bonds. The molecule has 0 saturated carbocycles. The minimum atomic E-state index is -4.36. The van der Waals surface area contributed by atoms with Crippen LogP contribution in [0.4, 0.5) is 13.2 Å². The fraction of sp³-hybridized carbons (Fsp3) is 0.433. The molecular weight excluding hydrogens is 523 g/mol. The van der Waals surface area contributed by atoms with Crippen LogP contribution in [0.3, 0.4) is 0 Å². The number of aromatic nitrogens is 1. The lowest BCUT2D eigenvalue weighted by atomic mass is 10.00. The Morgan fingerprint density at radius 2 is 1.74 bits per heavy atom. The van der Waals surface area contributed by atoms with E-state index in [-0.39, 0.29) is 24.4 Å². The van der Waals surface area contributed by atoms with E-state index in [1.54, 1.807) is 12.2 Å². The third-order valence-electron chi connectivity index (χ3n) is 7.07. The van der Waals surface area contributed by atoms with Gasteiger partial charge in [-0.2, -0.15) is 13.2 Å². The monoisotopic (exact) mass is 561 g/mol. The quantitative estimate of drug-likeness (QED) is 0.238. The summed E-state index contributed by atoms with van der Waals surface area (Å²) in [5, 5.41) is 9.50. The van der Waals surface area contributed by atoms with Crippen LogP contribution in [-0.2, 0) is 17.2 Å². The zero-order chi connectivity index (χ0) is 28.8. The van der Waals surface area contributed by atoms with Crippen LogP contribution in [0.5, 0.6) is 5.75 Å². The molecule has 0 saturated heterocycles. The van der Waals surface area contributed by atoms with Gasteiger partial charge in [0, 0.05) is 12.7 Å². The van der Waals surface area contributed by atoms with Crippen LogP contribution in [0.2, 0.25) is 18.1 Å². The van der Waals surface area contributed by atoms with Gasteiger partial charge in [-0.15, -0.1) is 0 Å². The lowest BCUT2D eigenvalue weighted by Gasteiger charge is -2.39. The molecule has 9 heteroatoms. The largest absolute Gasteiger partial charge is 0.487 e. The third-order valence-corrected chi connectivity index (χ3v) is 11.6. The van der Waals surface area contributed by atoms with Gasteiger partial charge in [-0.1, -0.05) is 39.0 Å². The van der Waals surface area contributed by atoms with E-state index in [1.807, 2.05) is 25.1 Å². The highest BCUT2D eigenvalue weighted by Crippen LogP contribution is 2.41. The number of ether oxygens (including phenoxy) is 1. The summed E-state index contributed by atoms with van der Waals surface area (Å²) >= 11 is 0. The van der Waals surface area contributed by atoms with Crippen molar-refractivity contribution in [1.29, 1.82) is 0 Å². The predicted molar refractivity (Wildman–Crippen MR) is 150 cm³/mol. The summed E-state index contributed by atoms with van der Waals surface area (Å²) in [5.74, 6) is 1.02. The summed E-state index contributed by atoms with van der Waals surface area (Å²) in [4.78, 5) is 4.36. The van der Waals surface area contributed by atoms with Crippen molar-refractivity contribution in [1.82, 2.24) is 4.98 Å². The molecule has 0 bridgehead atoms. The molecule has 212 valence electrons. The molecule has 0 aliphatic rings. The number of oxazole rings is 1. The molecular formula is C30H38F3NO4Si. The van der Waals surface area contributed by atoms with Gasteiger partial charge < -0.3 is 18.7 Å². The van der Waals surface area contributed by atoms with E-state index in [4.69, 9.17) is 13.6 Å². The molecule has 2 aromatic carbocycles. The molecule has 0 aliphatic carbocycles. The first-order chi connectivity index (χ1) is 18.2. The molecule has 1 aromatic heterocycles. The minimum Gasteiger partial charge on any atom is -0.487 e. The van der Waals surface area contributed by atoms with Gasteiger partial charge in [0.15, 0.2) is 8.32 Å². The summed E-state index contributed by atoms with van der Waals surface area (Å²) in [5.41, 5.74) is 2.64. The fourth-order valence-electron chi connectivity index (χ4n) is 3.76. The van der Waals surface area contributed by atoms with E-state index in [0.29, 0.717) is 29.3 Å². The maximum absolute atomic E-state index is 12.7. The topological polar surface area (TPSA) is 64.7 Å².